The Balaban J connectivity index is 1.23. The predicted molar refractivity (Wildman–Crippen MR) is 108 cm³/mol. The third-order valence-electron chi connectivity index (χ3n) is 4.71. The van der Waals surface area contributed by atoms with E-state index in [0.717, 1.165) is 48.0 Å². The van der Waals surface area contributed by atoms with E-state index in [-0.39, 0.29) is 0 Å². The van der Waals surface area contributed by atoms with Crippen LogP contribution in [0.1, 0.15) is 12.8 Å². The average Bonchev–Trinajstić information content (AvgIpc) is 3.17. The second-order valence-corrected chi connectivity index (χ2v) is 6.54. The van der Waals surface area contributed by atoms with E-state index < -0.39 is 0 Å². The van der Waals surface area contributed by atoms with Crippen LogP contribution in [-0.4, -0.2) is 32.3 Å². The summed E-state index contributed by atoms with van der Waals surface area (Å²) in [5, 5.41) is 0. The third-order valence-corrected chi connectivity index (χ3v) is 4.71. The van der Waals surface area contributed by atoms with Crippen LogP contribution in [0.15, 0.2) is 48.5 Å². The second kappa shape index (κ2) is 7.67. The molecule has 0 aliphatic heterocycles. The van der Waals surface area contributed by atoms with E-state index in [0.29, 0.717) is 25.1 Å². The van der Waals surface area contributed by atoms with Crippen molar-refractivity contribution >= 4 is 34.0 Å². The maximum absolute atomic E-state index is 6.02. The van der Waals surface area contributed by atoms with Crippen LogP contribution in [0.25, 0.3) is 22.1 Å². The fourth-order valence-corrected chi connectivity index (χ4v) is 3.41. The zero-order valence-electron chi connectivity index (χ0n) is 15.2. The molecule has 0 saturated heterocycles. The molecule has 0 unspecified atom stereocenters. The van der Waals surface area contributed by atoms with Gasteiger partial charge in [-0.2, -0.15) is 0 Å². The van der Waals surface area contributed by atoms with E-state index >= 15 is 0 Å². The number of nitrogens with two attached hydrogens (primary N) is 2. The molecule has 0 saturated carbocycles. The number of anilines is 2. The molecule has 0 atom stereocenters. The Morgan fingerprint density at radius 2 is 1.15 bits per heavy atom. The van der Waals surface area contributed by atoms with E-state index in [1.807, 2.05) is 57.7 Å². The number of ether oxygens (including phenoxy) is 1. The van der Waals surface area contributed by atoms with Gasteiger partial charge in [0.2, 0.25) is 11.9 Å². The molecule has 0 spiro atoms. The molecule has 0 radical (unpaired) electrons. The number of hydrogen-bond acceptors (Lipinski definition) is 5. The first kappa shape index (κ1) is 17.4. The minimum atomic E-state index is 0.554. The molecule has 7 heteroatoms. The first-order valence-corrected chi connectivity index (χ1v) is 9.23. The number of fused-ring (bicyclic) bond motifs is 2. The molecule has 4 N–H and O–H groups in total. The standard InChI is InChI=1S/C20H24N6O/c21-19-23-15-7-1-3-9-17(15)25(19)11-5-13-27-14-6-12-26-18-10-4-2-8-16(18)24-20(26)22/h1-4,7-10H,5-6,11-14H2,(H2,21,23)(H2,22,24). The Labute approximate surface area is 157 Å². The average molecular weight is 364 g/mol. The van der Waals surface area contributed by atoms with Crippen LogP contribution in [0.5, 0.6) is 0 Å². The number of imidazole rings is 2. The van der Waals surface area contributed by atoms with Gasteiger partial charge in [-0.25, -0.2) is 9.97 Å². The number of nitrogens with zero attached hydrogens (tertiary/aromatic N) is 4. The van der Waals surface area contributed by atoms with Crippen molar-refractivity contribution in [3.8, 4) is 0 Å². The van der Waals surface area contributed by atoms with Gasteiger partial charge in [0.15, 0.2) is 0 Å². The Morgan fingerprint density at radius 1 is 0.704 bits per heavy atom. The van der Waals surface area contributed by atoms with Crippen LogP contribution in [0.4, 0.5) is 11.9 Å². The normalized spacial score (nSPS) is 11.6. The van der Waals surface area contributed by atoms with E-state index in [2.05, 4.69) is 9.97 Å². The number of para-hydroxylation sites is 4. The summed E-state index contributed by atoms with van der Waals surface area (Å²) < 4.78 is 9.86. The lowest BCUT2D eigenvalue weighted by Gasteiger charge is -2.09. The van der Waals surface area contributed by atoms with Crippen LogP contribution in [0, 0.1) is 0 Å². The summed E-state index contributed by atoms with van der Waals surface area (Å²) in [7, 11) is 0. The molecule has 4 aromatic rings. The molecule has 0 amide bonds. The van der Waals surface area contributed by atoms with Gasteiger partial charge in [0.1, 0.15) is 0 Å². The van der Waals surface area contributed by atoms with Gasteiger partial charge in [-0.1, -0.05) is 24.3 Å². The van der Waals surface area contributed by atoms with E-state index in [9.17, 15) is 0 Å². The highest BCUT2D eigenvalue weighted by atomic mass is 16.5. The molecule has 27 heavy (non-hydrogen) atoms. The molecule has 4 rings (SSSR count). The molecule has 2 aromatic carbocycles. The van der Waals surface area contributed by atoms with E-state index in [1.54, 1.807) is 0 Å². The molecule has 2 aromatic heterocycles. The summed E-state index contributed by atoms with van der Waals surface area (Å²) in [5.41, 5.74) is 16.0. The number of rotatable bonds is 8. The van der Waals surface area contributed by atoms with Gasteiger partial charge in [-0.3, -0.25) is 0 Å². The lowest BCUT2D eigenvalue weighted by Crippen LogP contribution is -2.08. The number of benzene rings is 2. The topological polar surface area (TPSA) is 96.9 Å². The molecule has 2 heterocycles. The summed E-state index contributed by atoms with van der Waals surface area (Å²) in [4.78, 5) is 8.76. The van der Waals surface area contributed by atoms with Gasteiger partial charge >= 0.3 is 0 Å². The van der Waals surface area contributed by atoms with Crippen molar-refractivity contribution in [2.24, 2.45) is 0 Å². The van der Waals surface area contributed by atoms with Crippen molar-refractivity contribution < 1.29 is 4.74 Å². The summed E-state index contributed by atoms with van der Waals surface area (Å²) >= 11 is 0. The fourth-order valence-electron chi connectivity index (χ4n) is 3.41. The Kier molecular flexibility index (Phi) is 4.93. The van der Waals surface area contributed by atoms with Gasteiger partial charge in [-0.05, 0) is 37.1 Å². The summed E-state index contributed by atoms with van der Waals surface area (Å²) in [5.74, 6) is 1.11. The Hall–Kier alpha value is -3.06. The lowest BCUT2D eigenvalue weighted by molar-refractivity contribution is 0.124. The summed E-state index contributed by atoms with van der Waals surface area (Å²) in [6.45, 7) is 2.97. The summed E-state index contributed by atoms with van der Waals surface area (Å²) in [6.07, 6.45) is 1.78. The molecule has 140 valence electrons. The molecular weight excluding hydrogens is 340 g/mol. The maximum Gasteiger partial charge on any atom is 0.201 e. The highest BCUT2D eigenvalue weighted by Crippen LogP contribution is 2.18. The van der Waals surface area contributed by atoms with Gasteiger partial charge < -0.3 is 25.3 Å². The summed E-state index contributed by atoms with van der Waals surface area (Å²) in [6, 6.07) is 16.0. The fraction of sp³-hybridized carbons (Fsp3) is 0.300. The highest BCUT2D eigenvalue weighted by Gasteiger charge is 2.08. The monoisotopic (exact) mass is 364 g/mol. The zero-order valence-corrected chi connectivity index (χ0v) is 15.2. The number of aryl methyl sites for hydroxylation is 2. The number of nitrogen functional groups attached to an aromatic ring is 2. The first-order chi connectivity index (χ1) is 13.2. The highest BCUT2D eigenvalue weighted by molar-refractivity contribution is 5.78. The molecule has 0 aliphatic carbocycles. The largest absolute Gasteiger partial charge is 0.381 e. The van der Waals surface area contributed by atoms with Gasteiger partial charge in [0.05, 0.1) is 22.1 Å². The second-order valence-electron chi connectivity index (χ2n) is 6.54. The maximum atomic E-state index is 6.02. The van der Waals surface area contributed by atoms with Crippen LogP contribution >= 0.6 is 0 Å². The van der Waals surface area contributed by atoms with E-state index in [1.165, 1.54) is 0 Å². The number of hydrogen-bond donors (Lipinski definition) is 2. The minimum absolute atomic E-state index is 0.554. The first-order valence-electron chi connectivity index (χ1n) is 9.23. The Bertz CT molecular complexity index is 967. The quantitative estimate of drug-likeness (QED) is 0.468. The predicted octanol–water partition coefficient (Wildman–Crippen LogP) is 3.05. The SMILES string of the molecule is Nc1nc2ccccc2n1CCCOCCCn1c(N)nc2ccccc21. The van der Waals surface area contributed by atoms with Crippen molar-refractivity contribution in [3.63, 3.8) is 0 Å². The van der Waals surface area contributed by atoms with Gasteiger partial charge in [-0.15, -0.1) is 0 Å². The van der Waals surface area contributed by atoms with Crippen molar-refractivity contribution in [1.29, 1.82) is 0 Å². The van der Waals surface area contributed by atoms with Crippen LogP contribution in [0.2, 0.25) is 0 Å². The molecule has 0 aliphatic rings. The van der Waals surface area contributed by atoms with Crippen LogP contribution < -0.4 is 11.5 Å². The zero-order chi connectivity index (χ0) is 18.6. The smallest absolute Gasteiger partial charge is 0.201 e. The van der Waals surface area contributed by atoms with Gasteiger partial charge in [0, 0.05) is 26.3 Å². The van der Waals surface area contributed by atoms with Gasteiger partial charge in [0.25, 0.3) is 0 Å². The minimum Gasteiger partial charge on any atom is -0.381 e. The molecule has 0 fully saturated rings. The van der Waals surface area contributed by atoms with Crippen LogP contribution in [0.3, 0.4) is 0 Å². The lowest BCUT2D eigenvalue weighted by atomic mass is 10.3. The van der Waals surface area contributed by atoms with Crippen molar-refractivity contribution in [2.45, 2.75) is 25.9 Å². The van der Waals surface area contributed by atoms with Crippen molar-refractivity contribution in [3.05, 3.63) is 48.5 Å². The van der Waals surface area contributed by atoms with Crippen LogP contribution in [-0.2, 0) is 17.8 Å². The third kappa shape index (κ3) is 3.59. The molecule has 0 bridgehead atoms. The molecule has 7 nitrogen and oxygen atoms in total. The molecular formula is C20H24N6O. The van der Waals surface area contributed by atoms with Crippen molar-refractivity contribution in [1.82, 2.24) is 19.1 Å². The number of aromatic nitrogens is 4. The van der Waals surface area contributed by atoms with Crippen molar-refractivity contribution in [2.75, 3.05) is 24.7 Å². The van der Waals surface area contributed by atoms with E-state index in [4.69, 9.17) is 16.2 Å². The Morgan fingerprint density at radius 3 is 1.63 bits per heavy atom.